The Morgan fingerprint density at radius 2 is 1.77 bits per heavy atom. The summed E-state index contributed by atoms with van der Waals surface area (Å²) < 4.78 is 5.70. The van der Waals surface area contributed by atoms with Gasteiger partial charge in [0.2, 0.25) is 0 Å². The molecule has 186 valence electrons. The highest BCUT2D eigenvalue weighted by Crippen LogP contribution is 2.30. The third-order valence-corrected chi connectivity index (χ3v) is 6.99. The Labute approximate surface area is 213 Å². The van der Waals surface area contributed by atoms with E-state index in [1.165, 1.54) is 0 Å². The fraction of sp³-hybridized carbons (Fsp3) is 0.400. The number of urea groups is 1. The predicted molar refractivity (Wildman–Crippen MR) is 134 cm³/mol. The number of halogens is 2. The van der Waals surface area contributed by atoms with Crippen LogP contribution < -0.4 is 10.6 Å². The van der Waals surface area contributed by atoms with Crippen LogP contribution in [0.4, 0.5) is 21.0 Å². The van der Waals surface area contributed by atoms with Crippen LogP contribution in [0.3, 0.4) is 0 Å². The summed E-state index contributed by atoms with van der Waals surface area (Å²) >= 11 is 12.0. The van der Waals surface area contributed by atoms with E-state index in [0.29, 0.717) is 53.8 Å². The number of benzene rings is 2. The van der Waals surface area contributed by atoms with Crippen molar-refractivity contribution in [3.05, 3.63) is 57.6 Å². The lowest BCUT2D eigenvalue weighted by molar-refractivity contribution is -0.138. The zero-order chi connectivity index (χ0) is 24.9. The van der Waals surface area contributed by atoms with Crippen molar-refractivity contribution in [2.45, 2.75) is 51.2 Å². The minimum atomic E-state index is -0.776. The van der Waals surface area contributed by atoms with Crippen molar-refractivity contribution in [3.63, 3.8) is 0 Å². The van der Waals surface area contributed by atoms with Gasteiger partial charge in [0.1, 0.15) is 6.10 Å². The number of anilines is 2. The topological polar surface area (TPSA) is 108 Å². The molecule has 0 saturated heterocycles. The summed E-state index contributed by atoms with van der Waals surface area (Å²) in [5, 5.41) is 15.3. The second kappa shape index (κ2) is 11.2. The van der Waals surface area contributed by atoms with E-state index in [4.69, 9.17) is 33.0 Å². The van der Waals surface area contributed by atoms with E-state index in [-0.39, 0.29) is 24.5 Å². The maximum atomic E-state index is 12.7. The Balaban J connectivity index is 1.28. The molecular weight excluding hydrogens is 493 g/mol. The molecule has 1 aliphatic carbocycles. The van der Waals surface area contributed by atoms with Crippen LogP contribution in [-0.4, -0.2) is 40.7 Å². The number of rotatable bonds is 5. The molecule has 3 N–H and O–H groups in total. The smallest absolute Gasteiger partial charge is 0.410 e. The van der Waals surface area contributed by atoms with Crippen LogP contribution in [0, 0.1) is 5.92 Å². The Hall–Kier alpha value is -2.97. The van der Waals surface area contributed by atoms with Crippen LogP contribution in [0.25, 0.3) is 0 Å². The van der Waals surface area contributed by atoms with Crippen molar-refractivity contribution in [2.75, 3.05) is 17.2 Å². The number of carbonyl (C=O) groups excluding carboxylic acids is 2. The number of nitrogens with one attached hydrogen (secondary N) is 2. The molecule has 0 atom stereocenters. The van der Waals surface area contributed by atoms with E-state index in [0.717, 1.165) is 24.0 Å². The van der Waals surface area contributed by atoms with Crippen LogP contribution in [0.2, 0.25) is 10.0 Å². The Morgan fingerprint density at radius 1 is 1.00 bits per heavy atom. The SMILES string of the molecule is O=C(O)CC1CCC(OC(=O)N2CCc3cc(NC(=O)Nc4ccc(Cl)cc4Cl)ccc3C2)CC1. The number of fused-ring (bicyclic) bond motifs is 1. The highest BCUT2D eigenvalue weighted by atomic mass is 35.5. The molecule has 2 aromatic rings. The lowest BCUT2D eigenvalue weighted by Crippen LogP contribution is -2.39. The third-order valence-electron chi connectivity index (χ3n) is 6.44. The second-order valence-corrected chi connectivity index (χ2v) is 9.83. The summed E-state index contributed by atoms with van der Waals surface area (Å²) in [5.41, 5.74) is 3.16. The first-order valence-electron chi connectivity index (χ1n) is 11.6. The predicted octanol–water partition coefficient (Wildman–Crippen LogP) is 6.17. The van der Waals surface area contributed by atoms with E-state index < -0.39 is 12.0 Å². The first kappa shape index (κ1) is 25.1. The van der Waals surface area contributed by atoms with Gasteiger partial charge in [0.05, 0.1) is 10.7 Å². The first-order valence-corrected chi connectivity index (χ1v) is 12.3. The van der Waals surface area contributed by atoms with Gasteiger partial charge in [0.15, 0.2) is 0 Å². The molecule has 4 rings (SSSR count). The number of carboxylic acid groups (broad SMARTS) is 1. The minimum Gasteiger partial charge on any atom is -0.481 e. The number of nitrogens with zero attached hydrogens (tertiary/aromatic N) is 1. The standard InChI is InChI=1S/C25H27Cl2N3O5/c26-18-4-8-22(21(27)13-18)29-24(33)28-19-5-3-17-14-30(10-9-16(17)12-19)25(34)35-20-6-1-15(2-7-20)11-23(31)32/h3-5,8,12-13,15,20H,1-2,6-7,9-11,14H2,(H,31,32)(H2,28,29,33). The van der Waals surface area contributed by atoms with Gasteiger partial charge in [0.25, 0.3) is 0 Å². The molecule has 1 saturated carbocycles. The molecule has 0 aromatic heterocycles. The highest BCUT2D eigenvalue weighted by Gasteiger charge is 2.28. The molecule has 35 heavy (non-hydrogen) atoms. The van der Waals surface area contributed by atoms with E-state index in [1.54, 1.807) is 29.2 Å². The van der Waals surface area contributed by atoms with Gasteiger partial charge in [-0.05, 0) is 79.5 Å². The molecule has 2 aromatic carbocycles. The molecule has 1 aliphatic heterocycles. The van der Waals surface area contributed by atoms with Gasteiger partial charge in [-0.1, -0.05) is 29.3 Å². The van der Waals surface area contributed by atoms with E-state index in [1.807, 2.05) is 12.1 Å². The van der Waals surface area contributed by atoms with Gasteiger partial charge in [-0.3, -0.25) is 4.79 Å². The van der Waals surface area contributed by atoms with Gasteiger partial charge in [-0.2, -0.15) is 0 Å². The summed E-state index contributed by atoms with van der Waals surface area (Å²) in [6, 6.07) is 10.0. The van der Waals surface area contributed by atoms with Gasteiger partial charge >= 0.3 is 18.1 Å². The second-order valence-electron chi connectivity index (χ2n) is 8.98. The number of aliphatic carboxylic acids is 1. The van der Waals surface area contributed by atoms with Crippen molar-refractivity contribution in [1.82, 2.24) is 4.90 Å². The van der Waals surface area contributed by atoms with Crippen LogP contribution in [-0.2, 0) is 22.5 Å². The van der Waals surface area contributed by atoms with Crippen LogP contribution in [0.15, 0.2) is 36.4 Å². The number of ether oxygens (including phenoxy) is 1. The average molecular weight is 520 g/mol. The molecule has 0 radical (unpaired) electrons. The van der Waals surface area contributed by atoms with Crippen molar-refractivity contribution in [3.8, 4) is 0 Å². The monoisotopic (exact) mass is 519 g/mol. The number of carbonyl (C=O) groups is 3. The van der Waals surface area contributed by atoms with Gasteiger partial charge in [-0.25, -0.2) is 9.59 Å². The lowest BCUT2D eigenvalue weighted by atomic mass is 9.85. The molecular formula is C25H27Cl2N3O5. The Morgan fingerprint density at radius 3 is 2.49 bits per heavy atom. The normalized spacial score (nSPS) is 19.4. The number of hydrogen-bond donors (Lipinski definition) is 3. The number of hydrogen-bond acceptors (Lipinski definition) is 4. The maximum absolute atomic E-state index is 12.7. The summed E-state index contributed by atoms with van der Waals surface area (Å²) in [7, 11) is 0. The molecule has 0 spiro atoms. The molecule has 1 heterocycles. The van der Waals surface area contributed by atoms with Crippen LogP contribution in [0.5, 0.6) is 0 Å². The van der Waals surface area contributed by atoms with E-state index >= 15 is 0 Å². The summed E-state index contributed by atoms with van der Waals surface area (Å²) in [4.78, 5) is 37.6. The first-order chi connectivity index (χ1) is 16.8. The molecule has 8 nitrogen and oxygen atoms in total. The van der Waals surface area contributed by atoms with Crippen LogP contribution >= 0.6 is 23.2 Å². The van der Waals surface area contributed by atoms with Crippen molar-refractivity contribution in [1.29, 1.82) is 0 Å². The zero-order valence-corrected chi connectivity index (χ0v) is 20.6. The highest BCUT2D eigenvalue weighted by molar-refractivity contribution is 6.36. The molecule has 1 fully saturated rings. The summed E-state index contributed by atoms with van der Waals surface area (Å²) in [6.45, 7) is 0.964. The minimum absolute atomic E-state index is 0.159. The van der Waals surface area contributed by atoms with Crippen molar-refractivity contribution >= 4 is 52.7 Å². The third kappa shape index (κ3) is 6.80. The summed E-state index contributed by atoms with van der Waals surface area (Å²) in [5.74, 6) is -0.611. The van der Waals surface area contributed by atoms with E-state index in [9.17, 15) is 14.4 Å². The van der Waals surface area contributed by atoms with Crippen molar-refractivity contribution in [2.24, 2.45) is 5.92 Å². The molecule has 0 unspecified atom stereocenters. The number of amides is 3. The molecule has 3 amide bonds. The van der Waals surface area contributed by atoms with Crippen LogP contribution in [0.1, 0.15) is 43.2 Å². The molecule has 10 heteroatoms. The van der Waals surface area contributed by atoms with Crippen molar-refractivity contribution < 1.29 is 24.2 Å². The summed E-state index contributed by atoms with van der Waals surface area (Å²) in [6.07, 6.45) is 3.26. The average Bonchev–Trinajstić information content (AvgIpc) is 2.81. The lowest BCUT2D eigenvalue weighted by Gasteiger charge is -2.32. The maximum Gasteiger partial charge on any atom is 0.410 e. The Kier molecular flexibility index (Phi) is 8.03. The van der Waals surface area contributed by atoms with Gasteiger partial charge < -0.3 is 25.4 Å². The fourth-order valence-corrected chi connectivity index (χ4v) is 5.04. The van der Waals surface area contributed by atoms with E-state index in [2.05, 4.69) is 10.6 Å². The molecule has 2 aliphatic rings. The largest absolute Gasteiger partial charge is 0.481 e. The van der Waals surface area contributed by atoms with Gasteiger partial charge in [0, 0.05) is 30.2 Å². The van der Waals surface area contributed by atoms with Gasteiger partial charge in [-0.15, -0.1) is 0 Å². The number of carboxylic acids is 1. The zero-order valence-electron chi connectivity index (χ0n) is 19.1. The Bertz CT molecular complexity index is 1120. The molecule has 0 bridgehead atoms. The fourth-order valence-electron chi connectivity index (χ4n) is 4.58. The quantitative estimate of drug-likeness (QED) is 0.437.